The fourth-order valence-electron chi connectivity index (χ4n) is 1.46. The van der Waals surface area contributed by atoms with Crippen LogP contribution in [0.4, 0.5) is 0 Å². The van der Waals surface area contributed by atoms with Crippen LogP contribution in [0.25, 0.3) is 0 Å². The molecule has 76 valence electrons. The summed E-state index contributed by atoms with van der Waals surface area (Å²) in [5, 5.41) is 1.02. The minimum atomic E-state index is 0.466. The van der Waals surface area contributed by atoms with Crippen molar-refractivity contribution in [2.45, 2.75) is 6.42 Å². The highest BCUT2D eigenvalue weighted by molar-refractivity contribution is 6.29. The van der Waals surface area contributed by atoms with E-state index in [-0.39, 0.29) is 0 Å². The van der Waals surface area contributed by atoms with Crippen molar-refractivity contribution in [3.63, 3.8) is 0 Å². The summed E-state index contributed by atoms with van der Waals surface area (Å²) in [4.78, 5) is 3.96. The maximum Gasteiger partial charge on any atom is 0.319 e. The normalized spacial score (nSPS) is 10.3. The second kappa shape index (κ2) is 4.65. The Morgan fingerprint density at radius 1 is 1.07 bits per heavy atom. The summed E-state index contributed by atoms with van der Waals surface area (Å²) in [6.07, 6.45) is 0.840. The maximum atomic E-state index is 5.84. The average Bonchev–Trinajstić information content (AvgIpc) is 2.17. The maximum absolute atomic E-state index is 5.84. The third-order valence-electron chi connectivity index (χ3n) is 2.08. The lowest BCUT2D eigenvalue weighted by atomic mass is 10.1. The molecule has 0 fully saturated rings. The molecule has 2 rings (SSSR count). The SMILES string of the molecule is Clc1cc(Cc2ccccc2)cc([ClH+])n1. The van der Waals surface area contributed by atoms with E-state index in [0.29, 0.717) is 10.3 Å². The number of benzene rings is 1. The van der Waals surface area contributed by atoms with Gasteiger partial charge in [0.1, 0.15) is 5.15 Å². The van der Waals surface area contributed by atoms with E-state index in [1.54, 1.807) is 0 Å². The van der Waals surface area contributed by atoms with E-state index in [1.807, 2.05) is 30.3 Å². The topological polar surface area (TPSA) is 12.9 Å². The Morgan fingerprint density at radius 2 is 1.80 bits per heavy atom. The number of aromatic nitrogens is 1. The first kappa shape index (κ1) is 10.5. The van der Waals surface area contributed by atoms with Gasteiger partial charge in [-0.05, 0) is 23.6 Å². The quantitative estimate of drug-likeness (QED) is 0.734. The molecule has 1 aromatic heterocycles. The lowest BCUT2D eigenvalue weighted by molar-refractivity contribution is -0.296. The summed E-state index contributed by atoms with van der Waals surface area (Å²) in [5.74, 6) is 0. The number of halogens is 2. The fourth-order valence-corrected chi connectivity index (χ4v) is 1.99. The summed E-state index contributed by atoms with van der Waals surface area (Å²) in [7, 11) is 0. The Balaban J connectivity index is 2.25. The smallest absolute Gasteiger partial charge is 0.181 e. The molecule has 1 aromatic carbocycles. The zero-order chi connectivity index (χ0) is 10.7. The van der Waals surface area contributed by atoms with Crippen molar-refractivity contribution in [1.82, 2.24) is 4.98 Å². The molecule has 0 aliphatic heterocycles. The van der Waals surface area contributed by atoms with Crippen LogP contribution in [-0.2, 0) is 6.42 Å². The first-order valence-electron chi connectivity index (χ1n) is 4.61. The van der Waals surface area contributed by atoms with Crippen molar-refractivity contribution in [3.05, 3.63) is 63.9 Å². The molecule has 3 heteroatoms. The molecule has 15 heavy (non-hydrogen) atoms. The number of nitrogens with zero attached hydrogens (tertiary/aromatic N) is 1. The van der Waals surface area contributed by atoms with E-state index in [0.717, 1.165) is 12.0 Å². The molecule has 0 spiro atoms. The van der Waals surface area contributed by atoms with Crippen molar-refractivity contribution in [3.8, 4) is 0 Å². The third-order valence-corrected chi connectivity index (χ3v) is 2.48. The fraction of sp³-hybridized carbons (Fsp3) is 0.0833. The highest BCUT2D eigenvalue weighted by Gasteiger charge is 2.04. The van der Waals surface area contributed by atoms with E-state index >= 15 is 0 Å². The molecule has 0 unspecified atom stereocenters. The third kappa shape index (κ3) is 2.95. The summed E-state index contributed by atoms with van der Waals surface area (Å²) in [6.45, 7) is 0. The van der Waals surface area contributed by atoms with Crippen molar-refractivity contribution >= 4 is 11.6 Å². The van der Waals surface area contributed by atoms with Crippen LogP contribution in [0, 0.1) is 11.6 Å². The molecular weight excluding hydrogens is 229 g/mol. The molecule has 0 saturated heterocycles. The van der Waals surface area contributed by atoms with Gasteiger partial charge >= 0.3 is 5.15 Å². The van der Waals surface area contributed by atoms with Gasteiger partial charge in [-0.25, -0.2) is 0 Å². The zero-order valence-electron chi connectivity index (χ0n) is 7.98. The van der Waals surface area contributed by atoms with Gasteiger partial charge in [0.2, 0.25) is 0 Å². The lowest BCUT2D eigenvalue weighted by Crippen LogP contribution is -1.90. The first-order chi connectivity index (χ1) is 7.24. The van der Waals surface area contributed by atoms with Gasteiger partial charge in [0, 0.05) is 6.07 Å². The highest BCUT2D eigenvalue weighted by Crippen LogP contribution is 2.15. The molecule has 0 amide bonds. The first-order valence-corrected chi connectivity index (χ1v) is 5.40. The summed E-state index contributed by atoms with van der Waals surface area (Å²) in [6, 6.07) is 13.9. The molecule has 0 atom stereocenters. The van der Waals surface area contributed by atoms with Crippen LogP contribution in [-0.4, -0.2) is 4.98 Å². The molecule has 0 saturated carbocycles. The standard InChI is InChI=1S/C12H10Cl2N/c13-11-7-10(8-12(14)15-11)6-9-4-2-1-3-5-9/h1-5,7-8,13H,6H2/q+1. The van der Waals surface area contributed by atoms with Crippen LogP contribution >= 0.6 is 11.6 Å². The Morgan fingerprint density at radius 3 is 2.47 bits per heavy atom. The van der Waals surface area contributed by atoms with E-state index < -0.39 is 0 Å². The van der Waals surface area contributed by atoms with E-state index in [2.05, 4.69) is 17.1 Å². The molecule has 0 bridgehead atoms. The summed E-state index contributed by atoms with van der Waals surface area (Å²) in [5.41, 5.74) is 2.35. The van der Waals surface area contributed by atoms with Gasteiger partial charge in [-0.2, -0.15) is 4.98 Å². The second-order valence-electron chi connectivity index (χ2n) is 3.30. The largest absolute Gasteiger partial charge is 0.319 e. The van der Waals surface area contributed by atoms with E-state index in [1.165, 1.54) is 5.56 Å². The number of hydrogen-bond donors (Lipinski definition) is 0. The number of rotatable bonds is 2. The van der Waals surface area contributed by atoms with Crippen LogP contribution in [0.2, 0.25) is 10.3 Å². The van der Waals surface area contributed by atoms with Gasteiger partial charge < -0.3 is 0 Å². The zero-order valence-corrected chi connectivity index (χ0v) is 9.55. The van der Waals surface area contributed by atoms with Crippen molar-refractivity contribution in [1.29, 1.82) is 0 Å². The van der Waals surface area contributed by atoms with Crippen LogP contribution < -0.4 is 0 Å². The van der Waals surface area contributed by atoms with Crippen molar-refractivity contribution in [2.75, 3.05) is 0 Å². The van der Waals surface area contributed by atoms with Crippen molar-refractivity contribution < 1.29 is 11.6 Å². The van der Waals surface area contributed by atoms with Crippen LogP contribution in [0.5, 0.6) is 0 Å². The van der Waals surface area contributed by atoms with E-state index in [4.69, 9.17) is 23.2 Å². The average molecular weight is 239 g/mol. The number of hydrogen-bond acceptors (Lipinski definition) is 1. The van der Waals surface area contributed by atoms with Gasteiger partial charge in [-0.1, -0.05) is 41.9 Å². The molecule has 0 aliphatic rings. The predicted molar refractivity (Wildman–Crippen MR) is 59.0 cm³/mol. The van der Waals surface area contributed by atoms with Gasteiger partial charge in [0.25, 0.3) is 0 Å². The minimum absolute atomic E-state index is 0.466. The van der Waals surface area contributed by atoms with Crippen LogP contribution in [0.15, 0.2) is 42.5 Å². The molecule has 2 aromatic rings. The highest BCUT2D eigenvalue weighted by atomic mass is 35.5. The molecular formula is C12H10Cl2N+. The minimum Gasteiger partial charge on any atom is -0.181 e. The molecule has 0 radical (unpaired) electrons. The molecule has 1 nitrogen and oxygen atoms in total. The van der Waals surface area contributed by atoms with E-state index in [9.17, 15) is 0 Å². The van der Waals surface area contributed by atoms with Crippen LogP contribution in [0.1, 0.15) is 11.1 Å². The Labute approximate surface area is 98.7 Å². The van der Waals surface area contributed by atoms with Crippen molar-refractivity contribution in [2.24, 2.45) is 0 Å². The van der Waals surface area contributed by atoms with Gasteiger partial charge in [-0.3, -0.25) is 0 Å². The monoisotopic (exact) mass is 238 g/mol. The Hall–Kier alpha value is -1.05. The van der Waals surface area contributed by atoms with Gasteiger partial charge in [-0.15, -0.1) is 0 Å². The van der Waals surface area contributed by atoms with Gasteiger partial charge in [0.05, 0.1) is 0 Å². The molecule has 0 N–H and O–H groups in total. The molecule has 0 aliphatic carbocycles. The van der Waals surface area contributed by atoms with Crippen LogP contribution in [0.3, 0.4) is 0 Å². The predicted octanol–water partition coefficient (Wildman–Crippen LogP) is 3.02. The Kier molecular flexibility index (Phi) is 3.24. The molecule has 1 heterocycles. The summed E-state index contributed by atoms with van der Waals surface area (Å²) < 4.78 is 0. The Bertz CT molecular complexity index is 434. The second-order valence-corrected chi connectivity index (χ2v) is 4.10. The number of pyridine rings is 1. The van der Waals surface area contributed by atoms with Gasteiger partial charge in [0.15, 0.2) is 11.6 Å². The lowest BCUT2D eigenvalue weighted by Gasteiger charge is -2.00. The summed E-state index contributed by atoms with van der Waals surface area (Å²) >= 11 is 10.8.